The first-order valence-corrected chi connectivity index (χ1v) is 6.40. The quantitative estimate of drug-likeness (QED) is 0.515. The molecule has 3 N–H and O–H groups in total. The van der Waals surface area contributed by atoms with E-state index in [-0.39, 0.29) is 24.0 Å². The van der Waals surface area contributed by atoms with E-state index in [0.29, 0.717) is 12.3 Å². The van der Waals surface area contributed by atoms with Crippen molar-refractivity contribution in [3.8, 4) is 0 Å². The van der Waals surface area contributed by atoms with Crippen LogP contribution >= 0.6 is 0 Å². The summed E-state index contributed by atoms with van der Waals surface area (Å²) >= 11 is 0. The van der Waals surface area contributed by atoms with E-state index < -0.39 is 10.5 Å². The SMILES string of the molecule is CNc1ncc([N+](=O)[O-])c(NCC(C)(O)CC(C)C)n1. The topological polar surface area (TPSA) is 113 Å². The zero-order valence-electron chi connectivity index (χ0n) is 12.2. The molecule has 0 aromatic carbocycles. The molecule has 1 heterocycles. The number of nitrogens with zero attached hydrogens (tertiary/aromatic N) is 3. The summed E-state index contributed by atoms with van der Waals surface area (Å²) in [6.07, 6.45) is 1.72. The maximum absolute atomic E-state index is 10.9. The van der Waals surface area contributed by atoms with Gasteiger partial charge in [-0.25, -0.2) is 4.98 Å². The Kier molecular flexibility index (Phi) is 5.20. The van der Waals surface area contributed by atoms with Crippen molar-refractivity contribution in [1.29, 1.82) is 0 Å². The van der Waals surface area contributed by atoms with Crippen molar-refractivity contribution in [2.24, 2.45) is 5.92 Å². The second-order valence-electron chi connectivity index (χ2n) is 5.38. The minimum absolute atomic E-state index is 0.0957. The van der Waals surface area contributed by atoms with Gasteiger partial charge in [0.25, 0.3) is 0 Å². The van der Waals surface area contributed by atoms with Gasteiger partial charge in [0.2, 0.25) is 11.8 Å². The first kappa shape index (κ1) is 16.1. The number of hydrogen-bond donors (Lipinski definition) is 3. The molecule has 0 saturated heterocycles. The van der Waals surface area contributed by atoms with Crippen LogP contribution < -0.4 is 10.6 Å². The Labute approximate surface area is 117 Å². The smallest absolute Gasteiger partial charge is 0.329 e. The highest BCUT2D eigenvalue weighted by Crippen LogP contribution is 2.24. The molecular weight excluding hydrogens is 262 g/mol. The molecule has 0 fully saturated rings. The van der Waals surface area contributed by atoms with Crippen molar-refractivity contribution >= 4 is 17.5 Å². The van der Waals surface area contributed by atoms with Crippen LogP contribution in [0, 0.1) is 16.0 Å². The van der Waals surface area contributed by atoms with Gasteiger partial charge in [-0.1, -0.05) is 13.8 Å². The van der Waals surface area contributed by atoms with Crippen molar-refractivity contribution in [2.45, 2.75) is 32.8 Å². The van der Waals surface area contributed by atoms with Crippen LogP contribution in [-0.4, -0.2) is 39.2 Å². The van der Waals surface area contributed by atoms with Gasteiger partial charge in [-0.3, -0.25) is 10.1 Å². The number of anilines is 2. The van der Waals surface area contributed by atoms with Gasteiger partial charge in [0.15, 0.2) is 0 Å². The molecule has 0 amide bonds. The lowest BCUT2D eigenvalue weighted by Crippen LogP contribution is -2.35. The van der Waals surface area contributed by atoms with Crippen LogP contribution in [0.4, 0.5) is 17.5 Å². The molecule has 1 aromatic heterocycles. The number of nitro groups is 1. The van der Waals surface area contributed by atoms with Gasteiger partial charge < -0.3 is 15.7 Å². The lowest BCUT2D eigenvalue weighted by Gasteiger charge is -2.25. The van der Waals surface area contributed by atoms with Crippen LogP contribution in [0.25, 0.3) is 0 Å². The Morgan fingerprint density at radius 3 is 2.70 bits per heavy atom. The summed E-state index contributed by atoms with van der Waals surface area (Å²) in [6.45, 7) is 5.86. The van der Waals surface area contributed by atoms with Crippen LogP contribution in [0.2, 0.25) is 0 Å². The third kappa shape index (κ3) is 4.61. The molecular formula is C12H21N5O3. The molecule has 0 aliphatic carbocycles. The summed E-state index contributed by atoms with van der Waals surface area (Å²) in [5.41, 5.74) is -1.18. The Morgan fingerprint density at radius 2 is 2.20 bits per heavy atom. The number of hydrogen-bond acceptors (Lipinski definition) is 7. The minimum atomic E-state index is -0.965. The van der Waals surface area contributed by atoms with E-state index in [2.05, 4.69) is 20.6 Å². The zero-order chi connectivity index (χ0) is 15.3. The minimum Gasteiger partial charge on any atom is -0.388 e. The molecule has 1 unspecified atom stereocenters. The van der Waals surface area contributed by atoms with Crippen molar-refractivity contribution in [3.63, 3.8) is 0 Å². The summed E-state index contributed by atoms with van der Waals surface area (Å²) in [4.78, 5) is 18.2. The van der Waals surface area contributed by atoms with Gasteiger partial charge in [-0.05, 0) is 19.3 Å². The van der Waals surface area contributed by atoms with E-state index in [4.69, 9.17) is 0 Å². The monoisotopic (exact) mass is 283 g/mol. The summed E-state index contributed by atoms with van der Waals surface area (Å²) in [7, 11) is 1.62. The van der Waals surface area contributed by atoms with Crippen molar-refractivity contribution in [2.75, 3.05) is 24.2 Å². The molecule has 1 atom stereocenters. The number of aromatic nitrogens is 2. The molecule has 0 radical (unpaired) electrons. The fraction of sp³-hybridized carbons (Fsp3) is 0.667. The zero-order valence-corrected chi connectivity index (χ0v) is 12.2. The van der Waals surface area contributed by atoms with Crippen molar-refractivity contribution in [1.82, 2.24) is 9.97 Å². The largest absolute Gasteiger partial charge is 0.388 e. The number of nitrogens with one attached hydrogen (secondary N) is 2. The highest BCUT2D eigenvalue weighted by atomic mass is 16.6. The Balaban J connectivity index is 2.87. The van der Waals surface area contributed by atoms with Crippen molar-refractivity contribution < 1.29 is 10.0 Å². The number of rotatable bonds is 7. The van der Waals surface area contributed by atoms with Gasteiger partial charge in [-0.15, -0.1) is 0 Å². The van der Waals surface area contributed by atoms with Crippen LogP contribution in [0.15, 0.2) is 6.20 Å². The van der Waals surface area contributed by atoms with Crippen LogP contribution in [0.1, 0.15) is 27.2 Å². The van der Waals surface area contributed by atoms with Gasteiger partial charge >= 0.3 is 5.69 Å². The molecule has 1 rings (SSSR count). The third-order valence-electron chi connectivity index (χ3n) is 2.67. The highest BCUT2D eigenvalue weighted by Gasteiger charge is 2.24. The molecule has 8 heteroatoms. The van der Waals surface area contributed by atoms with E-state index in [9.17, 15) is 15.2 Å². The standard InChI is InChI=1S/C12H21N5O3/c1-8(2)5-12(3,18)7-15-10-9(17(19)20)6-14-11(13-4)16-10/h6,8,18H,5,7H2,1-4H3,(H2,13,14,15,16). The summed E-state index contributed by atoms with van der Waals surface area (Å²) in [5.74, 6) is 0.694. The lowest BCUT2D eigenvalue weighted by molar-refractivity contribution is -0.384. The molecule has 0 aliphatic rings. The average molecular weight is 283 g/mol. The van der Waals surface area contributed by atoms with Gasteiger partial charge in [-0.2, -0.15) is 4.98 Å². The van der Waals surface area contributed by atoms with E-state index in [1.807, 2.05) is 13.8 Å². The molecule has 112 valence electrons. The predicted octanol–water partition coefficient (Wildman–Crippen LogP) is 1.64. The maximum Gasteiger partial charge on any atom is 0.329 e. The Morgan fingerprint density at radius 1 is 1.55 bits per heavy atom. The second kappa shape index (κ2) is 6.47. The van der Waals surface area contributed by atoms with Gasteiger partial charge in [0.1, 0.15) is 6.20 Å². The second-order valence-corrected chi connectivity index (χ2v) is 5.38. The van der Waals surface area contributed by atoms with Crippen LogP contribution in [-0.2, 0) is 0 Å². The number of aliphatic hydroxyl groups is 1. The average Bonchev–Trinajstić information content (AvgIpc) is 2.34. The third-order valence-corrected chi connectivity index (χ3v) is 2.67. The Hall–Kier alpha value is -1.96. The fourth-order valence-electron chi connectivity index (χ4n) is 1.99. The summed E-state index contributed by atoms with van der Waals surface area (Å²) in [6, 6.07) is 0. The van der Waals surface area contributed by atoms with Gasteiger partial charge in [0, 0.05) is 13.6 Å². The fourth-order valence-corrected chi connectivity index (χ4v) is 1.99. The molecule has 0 bridgehead atoms. The molecule has 8 nitrogen and oxygen atoms in total. The summed E-state index contributed by atoms with van der Waals surface area (Å²) < 4.78 is 0. The normalized spacial score (nSPS) is 13.9. The molecule has 1 aromatic rings. The van der Waals surface area contributed by atoms with Crippen LogP contribution in [0.3, 0.4) is 0 Å². The molecule has 20 heavy (non-hydrogen) atoms. The maximum atomic E-state index is 10.9. The Bertz CT molecular complexity index is 476. The van der Waals surface area contributed by atoms with Crippen LogP contribution in [0.5, 0.6) is 0 Å². The van der Waals surface area contributed by atoms with Crippen molar-refractivity contribution in [3.05, 3.63) is 16.3 Å². The lowest BCUT2D eigenvalue weighted by atomic mass is 9.94. The molecule has 0 aliphatic heterocycles. The van der Waals surface area contributed by atoms with E-state index >= 15 is 0 Å². The first-order chi connectivity index (χ1) is 9.25. The van der Waals surface area contributed by atoms with E-state index in [1.165, 1.54) is 0 Å². The van der Waals surface area contributed by atoms with Gasteiger partial charge in [0.05, 0.1) is 10.5 Å². The predicted molar refractivity (Wildman–Crippen MR) is 76.8 cm³/mol. The highest BCUT2D eigenvalue weighted by molar-refractivity contribution is 5.57. The van der Waals surface area contributed by atoms with E-state index in [1.54, 1.807) is 14.0 Å². The molecule has 0 saturated carbocycles. The summed E-state index contributed by atoms with van der Waals surface area (Å²) in [5, 5.41) is 26.7. The first-order valence-electron chi connectivity index (χ1n) is 6.40. The molecule has 0 spiro atoms. The van der Waals surface area contributed by atoms with E-state index in [0.717, 1.165) is 6.20 Å².